The summed E-state index contributed by atoms with van der Waals surface area (Å²) in [6.45, 7) is 1.74. The van der Waals surface area contributed by atoms with E-state index in [1.54, 1.807) is 19.2 Å². The van der Waals surface area contributed by atoms with Gasteiger partial charge >= 0.3 is 5.97 Å². The molecule has 6 nitrogen and oxygen atoms in total. The molecule has 0 aromatic heterocycles. The van der Waals surface area contributed by atoms with Gasteiger partial charge in [-0.2, -0.15) is 0 Å². The molecule has 0 aliphatic heterocycles. The first-order valence-electron chi connectivity index (χ1n) is 7.51. The maximum absolute atomic E-state index is 12.0. The summed E-state index contributed by atoms with van der Waals surface area (Å²) in [4.78, 5) is 24.1. The van der Waals surface area contributed by atoms with E-state index in [0.29, 0.717) is 5.02 Å². The van der Waals surface area contributed by atoms with Crippen molar-refractivity contribution in [2.24, 2.45) is 0 Å². The van der Waals surface area contributed by atoms with E-state index in [9.17, 15) is 14.7 Å². The zero-order valence-electron chi connectivity index (χ0n) is 13.8. The van der Waals surface area contributed by atoms with Crippen molar-refractivity contribution in [1.82, 2.24) is 5.32 Å². The lowest BCUT2D eigenvalue weighted by molar-refractivity contribution is -0.129. The molecule has 2 aromatic carbocycles. The number of aromatic hydroxyl groups is 1. The molecule has 0 radical (unpaired) electrons. The van der Waals surface area contributed by atoms with Crippen molar-refractivity contribution in [1.29, 1.82) is 0 Å². The number of phenols is 1. The first kappa shape index (κ1) is 18.6. The molecule has 0 spiro atoms. The largest absolute Gasteiger partial charge is 0.507 e. The van der Waals surface area contributed by atoms with Crippen LogP contribution in [0.4, 0.5) is 0 Å². The maximum Gasteiger partial charge on any atom is 0.342 e. The number of amides is 1. The number of ether oxygens (including phenoxy) is 2. The lowest BCUT2D eigenvalue weighted by Crippen LogP contribution is -2.35. The van der Waals surface area contributed by atoms with E-state index in [2.05, 4.69) is 5.32 Å². The van der Waals surface area contributed by atoms with Crippen LogP contribution >= 0.6 is 11.6 Å². The van der Waals surface area contributed by atoms with Crippen LogP contribution in [0.2, 0.25) is 5.02 Å². The van der Waals surface area contributed by atoms with Crippen LogP contribution in [0.3, 0.4) is 0 Å². The highest BCUT2D eigenvalue weighted by molar-refractivity contribution is 6.30. The third-order valence-corrected chi connectivity index (χ3v) is 3.69. The Bertz CT molecular complexity index is 761. The van der Waals surface area contributed by atoms with Crippen LogP contribution in [0.1, 0.15) is 22.8 Å². The SMILES string of the molecule is COc1ccc(CNC(=O)[C@H](C)OC(=O)c2ccc(Cl)cc2O)cc1. The molecule has 1 atom stereocenters. The molecule has 1 amide bonds. The number of hydrogen-bond donors (Lipinski definition) is 2. The van der Waals surface area contributed by atoms with Crippen LogP contribution in [-0.2, 0) is 16.1 Å². The molecule has 0 aliphatic carbocycles. The number of rotatable bonds is 6. The third kappa shape index (κ3) is 5.12. The van der Waals surface area contributed by atoms with E-state index < -0.39 is 18.0 Å². The molecule has 2 N–H and O–H groups in total. The minimum Gasteiger partial charge on any atom is -0.507 e. The quantitative estimate of drug-likeness (QED) is 0.771. The molecule has 2 rings (SSSR count). The van der Waals surface area contributed by atoms with Gasteiger partial charge in [0.2, 0.25) is 0 Å². The fourth-order valence-corrected chi connectivity index (χ4v) is 2.20. The number of phenolic OH excluding ortho intramolecular Hbond substituents is 1. The Morgan fingerprint density at radius 2 is 1.88 bits per heavy atom. The fourth-order valence-electron chi connectivity index (χ4n) is 2.03. The number of nitrogens with one attached hydrogen (secondary N) is 1. The Kier molecular flexibility index (Phi) is 6.25. The Balaban J connectivity index is 1.89. The molecule has 0 saturated carbocycles. The number of esters is 1. The van der Waals surface area contributed by atoms with Gasteiger partial charge in [0.1, 0.15) is 17.1 Å². The molecule has 2 aromatic rings. The highest BCUT2D eigenvalue weighted by atomic mass is 35.5. The predicted octanol–water partition coefficient (Wildman–Crippen LogP) is 2.92. The second kappa shape index (κ2) is 8.39. The average Bonchev–Trinajstić information content (AvgIpc) is 2.59. The van der Waals surface area contributed by atoms with Gasteiger partial charge in [-0.1, -0.05) is 23.7 Å². The third-order valence-electron chi connectivity index (χ3n) is 3.46. The summed E-state index contributed by atoms with van der Waals surface area (Å²) in [7, 11) is 1.57. The molecule has 132 valence electrons. The lowest BCUT2D eigenvalue weighted by Gasteiger charge is -2.14. The number of benzene rings is 2. The summed E-state index contributed by atoms with van der Waals surface area (Å²) in [6.07, 6.45) is -1.01. The van der Waals surface area contributed by atoms with Gasteiger partial charge < -0.3 is 19.9 Å². The summed E-state index contributed by atoms with van der Waals surface area (Å²) >= 11 is 5.71. The van der Waals surface area contributed by atoms with E-state index >= 15 is 0 Å². The predicted molar refractivity (Wildman–Crippen MR) is 92.8 cm³/mol. The second-order valence-electron chi connectivity index (χ2n) is 5.27. The molecule has 25 heavy (non-hydrogen) atoms. The van der Waals surface area contributed by atoms with Crippen LogP contribution in [0, 0.1) is 0 Å². The molecule has 0 aliphatic rings. The van der Waals surface area contributed by atoms with Crippen LogP contribution in [-0.4, -0.2) is 30.2 Å². The van der Waals surface area contributed by atoms with Gasteiger partial charge in [-0.15, -0.1) is 0 Å². The van der Waals surface area contributed by atoms with Crippen molar-refractivity contribution >= 4 is 23.5 Å². The first-order valence-corrected chi connectivity index (χ1v) is 7.88. The van der Waals surface area contributed by atoms with Crippen molar-refractivity contribution in [3.8, 4) is 11.5 Å². The van der Waals surface area contributed by atoms with Gasteiger partial charge in [0, 0.05) is 11.6 Å². The fraction of sp³-hybridized carbons (Fsp3) is 0.222. The summed E-state index contributed by atoms with van der Waals surface area (Å²) < 4.78 is 10.1. The van der Waals surface area contributed by atoms with E-state index in [-0.39, 0.29) is 17.9 Å². The molecular formula is C18H18ClNO5. The number of carbonyl (C=O) groups is 2. The summed E-state index contributed by atoms with van der Waals surface area (Å²) in [5.74, 6) is -0.831. The minimum atomic E-state index is -1.01. The summed E-state index contributed by atoms with van der Waals surface area (Å²) in [5, 5.41) is 12.7. The molecule has 0 bridgehead atoms. The van der Waals surface area contributed by atoms with E-state index in [1.165, 1.54) is 25.1 Å². The van der Waals surface area contributed by atoms with Crippen molar-refractivity contribution in [2.45, 2.75) is 19.6 Å². The average molecular weight is 364 g/mol. The van der Waals surface area contributed by atoms with E-state index in [1.807, 2.05) is 12.1 Å². The highest BCUT2D eigenvalue weighted by Crippen LogP contribution is 2.23. The maximum atomic E-state index is 12.0. The van der Waals surface area contributed by atoms with Gasteiger partial charge in [0.25, 0.3) is 5.91 Å². The van der Waals surface area contributed by atoms with Crippen LogP contribution in [0.25, 0.3) is 0 Å². The van der Waals surface area contributed by atoms with Gasteiger partial charge in [0.05, 0.1) is 7.11 Å². The van der Waals surface area contributed by atoms with Crippen LogP contribution < -0.4 is 10.1 Å². The van der Waals surface area contributed by atoms with E-state index in [0.717, 1.165) is 11.3 Å². The molecule has 0 saturated heterocycles. The molecular weight excluding hydrogens is 346 g/mol. The molecule has 0 heterocycles. The Hall–Kier alpha value is -2.73. The first-order chi connectivity index (χ1) is 11.9. The van der Waals surface area contributed by atoms with Gasteiger partial charge in [-0.3, -0.25) is 4.79 Å². The topological polar surface area (TPSA) is 84.9 Å². The smallest absolute Gasteiger partial charge is 0.342 e. The van der Waals surface area contributed by atoms with Gasteiger partial charge in [-0.05, 0) is 42.8 Å². The van der Waals surface area contributed by atoms with Crippen molar-refractivity contribution in [3.05, 3.63) is 58.6 Å². The lowest BCUT2D eigenvalue weighted by atomic mass is 10.2. The van der Waals surface area contributed by atoms with Gasteiger partial charge in [-0.25, -0.2) is 4.79 Å². The number of hydrogen-bond acceptors (Lipinski definition) is 5. The zero-order chi connectivity index (χ0) is 18.4. The molecule has 0 unspecified atom stereocenters. The molecule has 7 heteroatoms. The second-order valence-corrected chi connectivity index (χ2v) is 5.71. The van der Waals surface area contributed by atoms with Crippen molar-refractivity contribution < 1.29 is 24.2 Å². The number of halogens is 1. The number of methoxy groups -OCH3 is 1. The van der Waals surface area contributed by atoms with Crippen molar-refractivity contribution in [3.63, 3.8) is 0 Å². The highest BCUT2D eigenvalue weighted by Gasteiger charge is 2.20. The Morgan fingerprint density at radius 1 is 1.20 bits per heavy atom. The summed E-state index contributed by atoms with van der Waals surface area (Å²) in [6, 6.07) is 11.2. The normalized spacial score (nSPS) is 11.5. The molecule has 0 fully saturated rings. The van der Waals surface area contributed by atoms with Gasteiger partial charge in [0.15, 0.2) is 6.10 Å². The zero-order valence-corrected chi connectivity index (χ0v) is 14.5. The van der Waals surface area contributed by atoms with Crippen LogP contribution in [0.15, 0.2) is 42.5 Å². The standard InChI is InChI=1S/C18H18ClNO5/c1-11(25-18(23)15-8-5-13(19)9-16(15)21)17(22)20-10-12-3-6-14(24-2)7-4-12/h3-9,11,21H,10H2,1-2H3,(H,20,22)/t11-/m0/s1. The van der Waals surface area contributed by atoms with Crippen molar-refractivity contribution in [2.75, 3.05) is 7.11 Å². The Labute approximate surface area is 150 Å². The number of carbonyl (C=O) groups excluding carboxylic acids is 2. The van der Waals surface area contributed by atoms with Crippen LogP contribution in [0.5, 0.6) is 11.5 Å². The Morgan fingerprint density at radius 3 is 2.48 bits per heavy atom. The monoisotopic (exact) mass is 363 g/mol. The van der Waals surface area contributed by atoms with E-state index in [4.69, 9.17) is 21.1 Å². The minimum absolute atomic E-state index is 0.0563. The summed E-state index contributed by atoms with van der Waals surface area (Å²) in [5.41, 5.74) is 0.822.